The molecule has 0 aromatic heterocycles. The van der Waals surface area contributed by atoms with E-state index < -0.39 is 0 Å². The second-order valence-electron chi connectivity index (χ2n) is 5.24. The third kappa shape index (κ3) is 2.28. The zero-order chi connectivity index (χ0) is 13.6. The van der Waals surface area contributed by atoms with Gasteiger partial charge in [0.2, 0.25) is 0 Å². The van der Waals surface area contributed by atoms with Crippen LogP contribution in [0.5, 0.6) is 0 Å². The number of benzene rings is 2. The Balaban J connectivity index is 2.05. The topological polar surface area (TPSA) is 0 Å². The molecule has 98 valence electrons. The molecular formula is C17H16Cl2. The van der Waals surface area contributed by atoms with Crippen LogP contribution >= 0.6 is 23.2 Å². The fourth-order valence-corrected chi connectivity index (χ4v) is 3.02. The first-order valence-corrected chi connectivity index (χ1v) is 7.47. The maximum absolute atomic E-state index is 6.17. The first-order valence-electron chi connectivity index (χ1n) is 6.60. The normalized spacial score (nSPS) is 15.8. The number of rotatable bonds is 2. The Kier molecular flexibility index (Phi) is 3.32. The lowest BCUT2D eigenvalue weighted by Gasteiger charge is -2.07. The van der Waals surface area contributed by atoms with Gasteiger partial charge in [-0.2, -0.15) is 0 Å². The summed E-state index contributed by atoms with van der Waals surface area (Å²) < 4.78 is 0. The van der Waals surface area contributed by atoms with Crippen molar-refractivity contribution >= 4 is 23.2 Å². The second-order valence-corrected chi connectivity index (χ2v) is 6.55. The van der Waals surface area contributed by atoms with Gasteiger partial charge in [-0.3, -0.25) is 0 Å². The van der Waals surface area contributed by atoms with Crippen molar-refractivity contribution in [1.29, 1.82) is 0 Å². The Morgan fingerprint density at radius 2 is 1.21 bits per heavy atom. The van der Waals surface area contributed by atoms with Crippen LogP contribution < -0.4 is 0 Å². The summed E-state index contributed by atoms with van der Waals surface area (Å²) in [6.45, 7) is 4.03. The lowest BCUT2D eigenvalue weighted by molar-refractivity contribution is 1.07. The lowest BCUT2D eigenvalue weighted by Crippen LogP contribution is -1.88. The van der Waals surface area contributed by atoms with Crippen LogP contribution in [0.3, 0.4) is 0 Å². The van der Waals surface area contributed by atoms with Crippen molar-refractivity contribution < 1.29 is 0 Å². The highest BCUT2D eigenvalue weighted by atomic mass is 35.5. The summed E-state index contributed by atoms with van der Waals surface area (Å²) in [5.41, 5.74) is 7.81. The van der Waals surface area contributed by atoms with Crippen LogP contribution in [0.2, 0.25) is 0 Å². The number of hydrogen-bond acceptors (Lipinski definition) is 0. The van der Waals surface area contributed by atoms with E-state index in [2.05, 4.69) is 36.4 Å². The molecule has 1 aliphatic carbocycles. The van der Waals surface area contributed by atoms with Crippen LogP contribution in [0.15, 0.2) is 36.4 Å². The Morgan fingerprint density at radius 3 is 1.58 bits per heavy atom. The standard InChI is InChI=1S/C17H16Cl2/c1-10(18)12-3-5-16-14(7-12)9-15-8-13(11(2)19)4-6-17(15)16/h3-8,10-11H,9H2,1-2H3. The summed E-state index contributed by atoms with van der Waals surface area (Å²) >= 11 is 12.3. The second kappa shape index (κ2) is 4.85. The number of alkyl halides is 2. The Morgan fingerprint density at radius 1 is 0.789 bits per heavy atom. The Hall–Kier alpha value is -0.980. The molecule has 0 heterocycles. The third-order valence-electron chi connectivity index (χ3n) is 3.85. The minimum absolute atomic E-state index is 0.0624. The minimum Gasteiger partial charge on any atom is -0.118 e. The van der Waals surface area contributed by atoms with Crippen molar-refractivity contribution in [2.75, 3.05) is 0 Å². The van der Waals surface area contributed by atoms with Gasteiger partial charge >= 0.3 is 0 Å². The van der Waals surface area contributed by atoms with Gasteiger partial charge in [-0.05, 0) is 53.6 Å². The zero-order valence-corrected chi connectivity index (χ0v) is 12.6. The number of fused-ring (bicyclic) bond motifs is 3. The maximum Gasteiger partial charge on any atom is 0.0557 e. The van der Waals surface area contributed by atoms with Crippen LogP contribution in [0, 0.1) is 0 Å². The molecular weight excluding hydrogens is 275 g/mol. The van der Waals surface area contributed by atoms with Crippen LogP contribution in [0.4, 0.5) is 0 Å². The summed E-state index contributed by atoms with van der Waals surface area (Å²) in [7, 11) is 0. The van der Waals surface area contributed by atoms with Crippen LogP contribution in [-0.2, 0) is 6.42 Å². The van der Waals surface area contributed by atoms with E-state index in [0.29, 0.717) is 0 Å². The molecule has 0 radical (unpaired) electrons. The largest absolute Gasteiger partial charge is 0.118 e. The third-order valence-corrected chi connectivity index (χ3v) is 4.35. The van der Waals surface area contributed by atoms with Crippen LogP contribution in [0.25, 0.3) is 11.1 Å². The highest BCUT2D eigenvalue weighted by molar-refractivity contribution is 6.20. The molecule has 0 nitrogen and oxygen atoms in total. The molecule has 2 aromatic rings. The molecule has 0 spiro atoms. The quantitative estimate of drug-likeness (QED) is 0.519. The van der Waals surface area contributed by atoms with Gasteiger partial charge < -0.3 is 0 Å². The molecule has 2 unspecified atom stereocenters. The van der Waals surface area contributed by atoms with Gasteiger partial charge in [0.05, 0.1) is 10.8 Å². The van der Waals surface area contributed by atoms with E-state index in [1.165, 1.54) is 33.4 Å². The van der Waals surface area contributed by atoms with E-state index in [1.54, 1.807) is 0 Å². The van der Waals surface area contributed by atoms with Crippen molar-refractivity contribution in [1.82, 2.24) is 0 Å². The van der Waals surface area contributed by atoms with E-state index >= 15 is 0 Å². The lowest BCUT2D eigenvalue weighted by atomic mass is 10.0. The van der Waals surface area contributed by atoms with Gasteiger partial charge in [0.1, 0.15) is 0 Å². The maximum atomic E-state index is 6.17. The Bertz CT molecular complexity index is 572. The summed E-state index contributed by atoms with van der Waals surface area (Å²) in [6.07, 6.45) is 0.986. The molecule has 0 fully saturated rings. The van der Waals surface area contributed by atoms with Crippen LogP contribution in [-0.4, -0.2) is 0 Å². The zero-order valence-electron chi connectivity index (χ0n) is 11.1. The first kappa shape index (κ1) is 13.0. The van der Waals surface area contributed by atoms with Crippen LogP contribution in [0.1, 0.15) is 46.9 Å². The van der Waals surface area contributed by atoms with Gasteiger partial charge in [-0.1, -0.05) is 36.4 Å². The van der Waals surface area contributed by atoms with Gasteiger partial charge in [-0.25, -0.2) is 0 Å². The molecule has 2 heteroatoms. The molecule has 0 aliphatic heterocycles. The molecule has 2 aromatic carbocycles. The van der Waals surface area contributed by atoms with E-state index in [4.69, 9.17) is 23.2 Å². The molecule has 0 amide bonds. The predicted molar refractivity (Wildman–Crippen MR) is 83.2 cm³/mol. The molecule has 0 bridgehead atoms. The van der Waals surface area contributed by atoms with Gasteiger partial charge in [0.25, 0.3) is 0 Å². The summed E-state index contributed by atoms with van der Waals surface area (Å²) in [5, 5.41) is 0.125. The summed E-state index contributed by atoms with van der Waals surface area (Å²) in [5.74, 6) is 0. The smallest absolute Gasteiger partial charge is 0.0557 e. The average molecular weight is 291 g/mol. The molecule has 2 atom stereocenters. The average Bonchev–Trinajstić information content (AvgIpc) is 2.74. The first-order chi connectivity index (χ1) is 9.06. The highest BCUT2D eigenvalue weighted by Gasteiger charge is 2.20. The molecule has 19 heavy (non-hydrogen) atoms. The monoisotopic (exact) mass is 290 g/mol. The molecule has 0 saturated heterocycles. The molecule has 3 rings (SSSR count). The van der Waals surface area contributed by atoms with Crippen molar-refractivity contribution in [2.45, 2.75) is 31.0 Å². The van der Waals surface area contributed by atoms with Crippen molar-refractivity contribution in [2.24, 2.45) is 0 Å². The van der Waals surface area contributed by atoms with Crippen molar-refractivity contribution in [3.8, 4) is 11.1 Å². The van der Waals surface area contributed by atoms with E-state index in [0.717, 1.165) is 6.42 Å². The minimum atomic E-state index is 0.0624. The molecule has 1 aliphatic rings. The number of halogens is 2. The SMILES string of the molecule is CC(Cl)c1ccc2c(c1)Cc1cc(C(C)Cl)ccc1-2. The van der Waals surface area contributed by atoms with Gasteiger partial charge in [-0.15, -0.1) is 23.2 Å². The molecule has 0 saturated carbocycles. The predicted octanol–water partition coefficient (Wildman–Crippen LogP) is 5.86. The number of hydrogen-bond donors (Lipinski definition) is 0. The van der Waals surface area contributed by atoms with E-state index in [1.807, 2.05) is 13.8 Å². The summed E-state index contributed by atoms with van der Waals surface area (Å²) in [6, 6.07) is 13.1. The van der Waals surface area contributed by atoms with Crippen molar-refractivity contribution in [3.63, 3.8) is 0 Å². The highest BCUT2D eigenvalue weighted by Crippen LogP contribution is 2.39. The van der Waals surface area contributed by atoms with Crippen molar-refractivity contribution in [3.05, 3.63) is 58.7 Å². The molecule has 0 N–H and O–H groups in total. The Labute approximate surface area is 124 Å². The van der Waals surface area contributed by atoms with Gasteiger partial charge in [0.15, 0.2) is 0 Å². The fraction of sp³-hybridized carbons (Fsp3) is 0.294. The van der Waals surface area contributed by atoms with Gasteiger partial charge in [0, 0.05) is 0 Å². The van der Waals surface area contributed by atoms with E-state index in [9.17, 15) is 0 Å². The van der Waals surface area contributed by atoms with E-state index in [-0.39, 0.29) is 10.8 Å². The fourth-order valence-electron chi connectivity index (χ4n) is 2.75. The summed E-state index contributed by atoms with van der Waals surface area (Å²) in [4.78, 5) is 0.